The summed E-state index contributed by atoms with van der Waals surface area (Å²) in [5.41, 5.74) is 5.98. The normalized spacial score (nSPS) is 19.1. The lowest BCUT2D eigenvalue weighted by Gasteiger charge is -2.23. The molecule has 1 fully saturated rings. The minimum absolute atomic E-state index is 0.207. The van der Waals surface area contributed by atoms with Crippen LogP contribution in [0.15, 0.2) is 0 Å². The van der Waals surface area contributed by atoms with Crippen LogP contribution < -0.4 is 5.73 Å². The van der Waals surface area contributed by atoms with E-state index in [0.29, 0.717) is 17.7 Å². The Balaban J connectivity index is 2.28. The van der Waals surface area contributed by atoms with Crippen molar-refractivity contribution in [2.24, 2.45) is 17.6 Å². The molecule has 3 heteroatoms. The average molecular weight is 226 g/mol. The minimum Gasteiger partial charge on any atom is -0.345 e. The van der Waals surface area contributed by atoms with E-state index in [0.717, 1.165) is 25.8 Å². The number of hydrogen-bond acceptors (Lipinski definition) is 2. The van der Waals surface area contributed by atoms with Crippen molar-refractivity contribution >= 4 is 5.91 Å². The summed E-state index contributed by atoms with van der Waals surface area (Å²) in [5, 5.41) is 0. The van der Waals surface area contributed by atoms with Gasteiger partial charge in [-0.05, 0) is 25.2 Å². The van der Waals surface area contributed by atoms with Gasteiger partial charge in [-0.2, -0.15) is 0 Å². The second kappa shape index (κ2) is 6.24. The second-order valence-corrected chi connectivity index (χ2v) is 5.44. The number of carbonyl (C=O) groups is 1. The van der Waals surface area contributed by atoms with Gasteiger partial charge in [0.25, 0.3) is 0 Å². The van der Waals surface area contributed by atoms with Crippen LogP contribution in [0.25, 0.3) is 0 Å². The lowest BCUT2D eigenvalue weighted by Crippen LogP contribution is -2.37. The SMILES string of the molecule is CC(C)C(N)CCN(C)C(=O)C1CCCC1. The van der Waals surface area contributed by atoms with E-state index >= 15 is 0 Å². The Morgan fingerprint density at radius 2 is 1.94 bits per heavy atom. The van der Waals surface area contributed by atoms with Crippen molar-refractivity contribution in [3.05, 3.63) is 0 Å². The van der Waals surface area contributed by atoms with Crippen molar-refractivity contribution in [2.75, 3.05) is 13.6 Å². The van der Waals surface area contributed by atoms with Crippen LogP contribution in [0.5, 0.6) is 0 Å². The molecule has 0 aromatic carbocycles. The molecular formula is C13H26N2O. The first-order valence-electron chi connectivity index (χ1n) is 6.53. The van der Waals surface area contributed by atoms with Crippen LogP contribution in [-0.2, 0) is 4.79 Å². The maximum atomic E-state index is 12.0. The Hall–Kier alpha value is -0.570. The van der Waals surface area contributed by atoms with Gasteiger partial charge >= 0.3 is 0 Å². The Bertz CT molecular complexity index is 222. The van der Waals surface area contributed by atoms with E-state index in [4.69, 9.17) is 5.73 Å². The number of amides is 1. The fraction of sp³-hybridized carbons (Fsp3) is 0.923. The first-order chi connectivity index (χ1) is 7.52. The topological polar surface area (TPSA) is 46.3 Å². The van der Waals surface area contributed by atoms with Crippen LogP contribution in [0.3, 0.4) is 0 Å². The van der Waals surface area contributed by atoms with Gasteiger partial charge in [0.05, 0.1) is 0 Å². The van der Waals surface area contributed by atoms with Gasteiger partial charge in [0.2, 0.25) is 5.91 Å². The molecule has 0 aromatic rings. The molecule has 0 saturated heterocycles. The fourth-order valence-corrected chi connectivity index (χ4v) is 2.27. The highest BCUT2D eigenvalue weighted by atomic mass is 16.2. The second-order valence-electron chi connectivity index (χ2n) is 5.44. The Morgan fingerprint density at radius 1 is 1.38 bits per heavy atom. The predicted molar refractivity (Wildman–Crippen MR) is 67.0 cm³/mol. The molecule has 1 saturated carbocycles. The third-order valence-electron chi connectivity index (χ3n) is 3.73. The Morgan fingerprint density at radius 3 is 2.44 bits per heavy atom. The maximum absolute atomic E-state index is 12.0. The van der Waals surface area contributed by atoms with Gasteiger partial charge in [-0.3, -0.25) is 4.79 Å². The molecular weight excluding hydrogens is 200 g/mol. The molecule has 1 aliphatic rings. The molecule has 0 aliphatic heterocycles. The van der Waals surface area contributed by atoms with Gasteiger partial charge in [0.15, 0.2) is 0 Å². The quantitative estimate of drug-likeness (QED) is 0.779. The van der Waals surface area contributed by atoms with Crippen molar-refractivity contribution in [1.82, 2.24) is 4.90 Å². The zero-order valence-electron chi connectivity index (χ0n) is 10.9. The van der Waals surface area contributed by atoms with Crippen molar-refractivity contribution < 1.29 is 4.79 Å². The van der Waals surface area contributed by atoms with E-state index in [1.807, 2.05) is 11.9 Å². The summed E-state index contributed by atoms with van der Waals surface area (Å²) in [6.07, 6.45) is 5.51. The van der Waals surface area contributed by atoms with Gasteiger partial charge in [-0.1, -0.05) is 26.7 Å². The smallest absolute Gasteiger partial charge is 0.225 e. The minimum atomic E-state index is 0.207. The van der Waals surface area contributed by atoms with Crippen molar-refractivity contribution in [1.29, 1.82) is 0 Å². The molecule has 0 bridgehead atoms. The highest BCUT2D eigenvalue weighted by Gasteiger charge is 2.25. The van der Waals surface area contributed by atoms with Crippen LogP contribution in [0.2, 0.25) is 0 Å². The van der Waals surface area contributed by atoms with Gasteiger partial charge < -0.3 is 10.6 Å². The summed E-state index contributed by atoms with van der Waals surface area (Å²) in [6.45, 7) is 5.06. The average Bonchev–Trinajstić information content (AvgIpc) is 2.77. The number of carbonyl (C=O) groups excluding carboxylic acids is 1. The molecule has 16 heavy (non-hydrogen) atoms. The molecule has 3 nitrogen and oxygen atoms in total. The van der Waals surface area contributed by atoms with E-state index in [1.165, 1.54) is 12.8 Å². The van der Waals surface area contributed by atoms with E-state index < -0.39 is 0 Å². The summed E-state index contributed by atoms with van der Waals surface area (Å²) in [4.78, 5) is 13.9. The molecule has 1 rings (SSSR count). The van der Waals surface area contributed by atoms with E-state index in [-0.39, 0.29) is 6.04 Å². The predicted octanol–water partition coefficient (Wildman–Crippen LogP) is 2.01. The first kappa shape index (κ1) is 13.5. The summed E-state index contributed by atoms with van der Waals surface area (Å²) in [7, 11) is 1.91. The zero-order chi connectivity index (χ0) is 12.1. The molecule has 1 amide bonds. The van der Waals surface area contributed by atoms with E-state index in [1.54, 1.807) is 0 Å². The first-order valence-corrected chi connectivity index (χ1v) is 6.53. The molecule has 1 atom stereocenters. The number of nitrogens with zero attached hydrogens (tertiary/aromatic N) is 1. The molecule has 0 radical (unpaired) electrons. The molecule has 0 spiro atoms. The molecule has 0 heterocycles. The van der Waals surface area contributed by atoms with Crippen molar-refractivity contribution in [3.63, 3.8) is 0 Å². The monoisotopic (exact) mass is 226 g/mol. The highest BCUT2D eigenvalue weighted by Crippen LogP contribution is 2.26. The molecule has 1 aliphatic carbocycles. The molecule has 94 valence electrons. The number of rotatable bonds is 5. The van der Waals surface area contributed by atoms with Gasteiger partial charge in [-0.15, -0.1) is 0 Å². The zero-order valence-corrected chi connectivity index (χ0v) is 10.9. The summed E-state index contributed by atoms with van der Waals surface area (Å²) in [6, 6.07) is 0.207. The fourth-order valence-electron chi connectivity index (χ4n) is 2.27. The summed E-state index contributed by atoms with van der Waals surface area (Å²) in [5.74, 6) is 1.11. The van der Waals surface area contributed by atoms with Crippen molar-refractivity contribution in [3.8, 4) is 0 Å². The summed E-state index contributed by atoms with van der Waals surface area (Å²) >= 11 is 0. The van der Waals surface area contributed by atoms with E-state index in [2.05, 4.69) is 13.8 Å². The highest BCUT2D eigenvalue weighted by molar-refractivity contribution is 5.78. The third kappa shape index (κ3) is 3.78. The lowest BCUT2D eigenvalue weighted by atomic mass is 10.0. The number of hydrogen-bond donors (Lipinski definition) is 1. The Labute approximate surface area is 99.4 Å². The van der Waals surface area contributed by atoms with E-state index in [9.17, 15) is 4.79 Å². The standard InChI is InChI=1S/C13H26N2O/c1-10(2)12(14)8-9-15(3)13(16)11-6-4-5-7-11/h10-12H,4-9,14H2,1-3H3. The molecule has 0 aromatic heterocycles. The van der Waals surface area contributed by atoms with Crippen LogP contribution in [0, 0.1) is 11.8 Å². The van der Waals surface area contributed by atoms with Crippen LogP contribution in [-0.4, -0.2) is 30.4 Å². The maximum Gasteiger partial charge on any atom is 0.225 e. The van der Waals surface area contributed by atoms with Crippen molar-refractivity contribution in [2.45, 2.75) is 52.0 Å². The van der Waals surface area contributed by atoms with Gasteiger partial charge in [0, 0.05) is 25.6 Å². The van der Waals surface area contributed by atoms with Gasteiger partial charge in [0.1, 0.15) is 0 Å². The summed E-state index contributed by atoms with van der Waals surface area (Å²) < 4.78 is 0. The third-order valence-corrected chi connectivity index (χ3v) is 3.73. The Kier molecular flexibility index (Phi) is 5.26. The molecule has 2 N–H and O–H groups in total. The van der Waals surface area contributed by atoms with Crippen LogP contribution in [0.1, 0.15) is 46.0 Å². The largest absolute Gasteiger partial charge is 0.345 e. The number of nitrogens with two attached hydrogens (primary N) is 1. The van der Waals surface area contributed by atoms with Gasteiger partial charge in [-0.25, -0.2) is 0 Å². The van der Waals surface area contributed by atoms with Crippen LogP contribution >= 0.6 is 0 Å². The molecule has 1 unspecified atom stereocenters. The van der Waals surface area contributed by atoms with Crippen LogP contribution in [0.4, 0.5) is 0 Å². The lowest BCUT2D eigenvalue weighted by molar-refractivity contribution is -0.134.